The van der Waals surface area contributed by atoms with Crippen LogP contribution in [0.25, 0.3) is 0 Å². The van der Waals surface area contributed by atoms with Gasteiger partial charge in [-0.3, -0.25) is 83.6 Å². The Morgan fingerprint density at radius 1 is 0.250 bits per heavy atom. The second-order valence-corrected chi connectivity index (χ2v) is 22.5. The van der Waals surface area contributed by atoms with Crippen molar-refractivity contribution in [2.75, 3.05) is 34.4 Å². The predicted octanol–water partition coefficient (Wildman–Crippen LogP) is -3.33. The molecule has 10 aromatic rings. The Hall–Kier alpha value is -13.1. The van der Waals surface area contributed by atoms with Crippen LogP contribution in [0.3, 0.4) is 0 Å². The van der Waals surface area contributed by atoms with Gasteiger partial charge < -0.3 is 48.6 Å². The maximum atomic E-state index is 14.1. The molecule has 0 fully saturated rings. The van der Waals surface area contributed by atoms with Crippen LogP contribution in [0.4, 0.5) is 34.9 Å². The van der Waals surface area contributed by atoms with Gasteiger partial charge in [0.05, 0.1) is 51.1 Å². The number of aromatic nitrogens is 15. The highest BCUT2D eigenvalue weighted by Gasteiger charge is 2.36. The molecule has 10 rings (SSSR count). The van der Waals surface area contributed by atoms with Gasteiger partial charge in [-0.1, -0.05) is 36.4 Å². The zero-order valence-corrected chi connectivity index (χ0v) is 53.5. The third-order valence-corrected chi connectivity index (χ3v) is 17.1. The van der Waals surface area contributed by atoms with Crippen molar-refractivity contribution in [2.45, 2.75) is 17.8 Å². The Kier molecular flexibility index (Phi) is 16.6. The quantitative estimate of drug-likeness (QED) is 0.0584. The number of benzene rings is 3. The third-order valence-electron chi connectivity index (χ3n) is 17.1. The molecule has 0 aliphatic heterocycles. The molecule has 0 bridgehead atoms. The van der Waals surface area contributed by atoms with Crippen LogP contribution in [0.1, 0.15) is 67.8 Å². The molecule has 7 heterocycles. The minimum absolute atomic E-state index is 0.00521. The van der Waals surface area contributed by atoms with Crippen molar-refractivity contribution in [2.24, 2.45) is 84.6 Å². The van der Waals surface area contributed by atoms with Crippen LogP contribution in [-0.4, -0.2) is 69.8 Å². The van der Waals surface area contributed by atoms with Crippen molar-refractivity contribution in [1.29, 1.82) is 0 Å². The lowest BCUT2D eigenvalue weighted by Gasteiger charge is -2.23. The zero-order valence-electron chi connectivity index (χ0n) is 53.5. The molecular formula is C60H63N21O15. The van der Waals surface area contributed by atoms with Crippen LogP contribution in [0, 0.1) is 0 Å². The molecule has 0 atom stereocenters. The number of nitrogen functional groups attached to an aromatic ring is 6. The first kappa shape index (κ1) is 65.9. The van der Waals surface area contributed by atoms with E-state index in [1.807, 2.05) is 0 Å². The zero-order chi connectivity index (χ0) is 70.4. The second-order valence-electron chi connectivity index (χ2n) is 22.5. The molecule has 0 spiro atoms. The highest BCUT2D eigenvalue weighted by molar-refractivity contribution is 5.61. The van der Waals surface area contributed by atoms with E-state index in [1.54, 1.807) is 0 Å². The van der Waals surface area contributed by atoms with Crippen molar-refractivity contribution >= 4 is 34.9 Å². The first-order valence-corrected chi connectivity index (χ1v) is 28.5. The summed E-state index contributed by atoms with van der Waals surface area (Å²) in [6.45, 7) is 0. The van der Waals surface area contributed by atoms with Crippen LogP contribution in [0.5, 0.6) is 35.3 Å². The number of rotatable bonds is 15. The maximum absolute atomic E-state index is 14.1. The lowest BCUT2D eigenvalue weighted by molar-refractivity contribution is 0.362. The minimum atomic E-state index is -1.41. The van der Waals surface area contributed by atoms with Crippen LogP contribution in [0.15, 0.2) is 130 Å². The van der Waals surface area contributed by atoms with Gasteiger partial charge in [-0.25, -0.2) is 28.8 Å². The number of nitrogens with two attached hydrogens (primary N) is 6. The molecule has 7 aromatic heterocycles. The van der Waals surface area contributed by atoms with Crippen LogP contribution >= 0.6 is 0 Å². The predicted molar refractivity (Wildman–Crippen MR) is 350 cm³/mol. The van der Waals surface area contributed by atoms with Crippen molar-refractivity contribution in [3.8, 4) is 35.3 Å². The normalized spacial score (nSPS) is 11.5. The lowest BCUT2D eigenvalue weighted by Crippen LogP contribution is -2.44. The van der Waals surface area contributed by atoms with Gasteiger partial charge >= 0.3 is 52.2 Å². The summed E-state index contributed by atoms with van der Waals surface area (Å²) in [4.78, 5) is 176. The summed E-state index contributed by atoms with van der Waals surface area (Å²) >= 11 is 0. The third kappa shape index (κ3) is 10.6. The van der Waals surface area contributed by atoms with Crippen LogP contribution in [0.2, 0.25) is 0 Å². The van der Waals surface area contributed by atoms with Crippen LogP contribution in [-0.2, 0) is 84.6 Å². The van der Waals surface area contributed by atoms with E-state index in [1.165, 1.54) is 157 Å². The van der Waals surface area contributed by atoms with Crippen molar-refractivity contribution in [3.05, 3.63) is 248 Å². The largest absolute Gasteiger partial charge is 0.424 e. The molecule has 0 aliphatic rings. The summed E-state index contributed by atoms with van der Waals surface area (Å²) in [5.41, 5.74) is 28.3. The molecule has 498 valence electrons. The molecular weight excluding hydrogens is 1250 g/mol. The molecule has 36 nitrogen and oxygen atoms in total. The van der Waals surface area contributed by atoms with Crippen molar-refractivity contribution in [1.82, 2.24) is 69.8 Å². The molecule has 0 aliphatic carbocycles. The summed E-state index contributed by atoms with van der Waals surface area (Å²) < 4.78 is 29.5. The minimum Gasteiger partial charge on any atom is -0.424 e. The van der Waals surface area contributed by atoms with E-state index in [9.17, 15) is 57.5 Å². The Morgan fingerprint density at radius 3 is 0.542 bits per heavy atom. The van der Waals surface area contributed by atoms with E-state index in [0.717, 1.165) is 54.8 Å². The highest BCUT2D eigenvalue weighted by atomic mass is 16.5. The molecule has 96 heavy (non-hydrogen) atoms. The monoisotopic (exact) mass is 1320 g/mol. The average Bonchev–Trinajstić information content (AvgIpc) is 0.758. The fraction of sp³-hybridized carbons (Fsp3) is 0.250. The van der Waals surface area contributed by atoms with Gasteiger partial charge in [0, 0.05) is 84.6 Å². The molecule has 36 heteroatoms. The summed E-state index contributed by atoms with van der Waals surface area (Å²) in [5, 5.41) is 0. The summed E-state index contributed by atoms with van der Waals surface area (Å²) in [6.07, 6.45) is 0. The SMILES string of the molecule is Cn1c(N)c(C(c2ccc(Oc3nc(Oc4ccc(C(c5c(N)n(C)c(=O)n(C)c5=O)c5c(N)n(C)c(=O)n(C)c5=O)cc4)nc(Oc4ccc(C(c5c(N)n(C)c(=O)n(C)c5=O)c5c(N)n(C)c(=O)n(C)c5=O)cc4)n3)cc2)c2c(N)n(C)c(=O)n(C)c2=O)c(=O)n(C)c1=O. The summed E-state index contributed by atoms with van der Waals surface area (Å²) in [7, 11) is 15.3. The van der Waals surface area contributed by atoms with E-state index < -0.39 is 103 Å². The fourth-order valence-corrected chi connectivity index (χ4v) is 11.3. The standard InChI is InChI=1S/C60H63N21O15/c1-70-40(61)34(46(82)76(7)55(70)88)31(35-41(62)71(2)56(89)77(8)47(35)83)25-13-19-28(20-14-25)94-52-67-53(95-29-21-15-26(16-22-29)32(36-42(63)72(3)57(90)78(9)48(36)84)37-43(64)73(4)58(91)79(10)49(37)85)69-54(68-52)96-30-23-17-27(18-24-30)33(38-44(65)74(5)59(92)80(11)50(38)86)39-45(66)75(6)60(93)81(12)51(39)87/h13-24,31-33H,61-66H2,1-12H3. The smallest absolute Gasteiger partial charge is 0.332 e. The van der Waals surface area contributed by atoms with E-state index in [-0.39, 0.29) is 102 Å². The van der Waals surface area contributed by atoms with Gasteiger partial charge in [0.2, 0.25) is 0 Å². The molecule has 0 saturated carbocycles. The Bertz CT molecular complexity index is 4920. The molecule has 0 radical (unpaired) electrons. The number of hydrogen-bond acceptors (Lipinski definition) is 24. The van der Waals surface area contributed by atoms with E-state index in [0.29, 0.717) is 0 Å². The fourth-order valence-electron chi connectivity index (χ4n) is 11.3. The summed E-state index contributed by atoms with van der Waals surface area (Å²) in [6, 6.07) is 15.6. The van der Waals surface area contributed by atoms with Crippen LogP contribution < -0.4 is 116 Å². The molecule has 0 saturated heterocycles. The number of nitrogens with zero attached hydrogens (tertiary/aromatic N) is 15. The van der Waals surface area contributed by atoms with E-state index >= 15 is 0 Å². The molecule has 12 N–H and O–H groups in total. The van der Waals surface area contributed by atoms with Crippen molar-refractivity contribution < 1.29 is 14.2 Å². The van der Waals surface area contributed by atoms with E-state index in [2.05, 4.69) is 15.0 Å². The molecule has 0 unspecified atom stereocenters. The van der Waals surface area contributed by atoms with Gasteiger partial charge in [-0.2, -0.15) is 0 Å². The number of hydrogen-bond donors (Lipinski definition) is 6. The van der Waals surface area contributed by atoms with Gasteiger partial charge in [0.25, 0.3) is 33.4 Å². The highest BCUT2D eigenvalue weighted by Crippen LogP contribution is 2.39. The lowest BCUT2D eigenvalue weighted by atomic mass is 9.86. The first-order chi connectivity index (χ1) is 45.1. The Balaban J connectivity index is 1.10. The molecule has 0 amide bonds. The van der Waals surface area contributed by atoms with Gasteiger partial charge in [-0.15, -0.1) is 15.0 Å². The summed E-state index contributed by atoms with van der Waals surface area (Å²) in [5.74, 6) is -6.08. The molecule has 3 aromatic carbocycles. The second kappa shape index (κ2) is 24.2. The van der Waals surface area contributed by atoms with Crippen molar-refractivity contribution in [3.63, 3.8) is 0 Å². The van der Waals surface area contributed by atoms with Gasteiger partial charge in [-0.05, 0) is 53.1 Å². The number of ether oxygens (including phenoxy) is 3. The Labute approximate surface area is 537 Å². The van der Waals surface area contributed by atoms with E-state index in [4.69, 9.17) is 48.6 Å². The maximum Gasteiger partial charge on any atom is 0.332 e. The first-order valence-electron chi connectivity index (χ1n) is 28.5. The van der Waals surface area contributed by atoms with Gasteiger partial charge in [0.15, 0.2) is 0 Å². The average molecular weight is 1320 g/mol. The number of anilines is 6. The van der Waals surface area contributed by atoms with Gasteiger partial charge in [0.1, 0.15) is 52.2 Å². The topological polar surface area (TPSA) is 486 Å². The Morgan fingerprint density at radius 2 is 0.396 bits per heavy atom.